The van der Waals surface area contributed by atoms with Gasteiger partial charge in [-0.2, -0.15) is 5.10 Å². The Morgan fingerprint density at radius 3 is 2.73 bits per heavy atom. The number of ether oxygens (including phenoxy) is 1. The molecule has 7 heteroatoms. The summed E-state index contributed by atoms with van der Waals surface area (Å²) in [5.74, 6) is -0.159. The molecule has 0 radical (unpaired) electrons. The number of nitrogens with one attached hydrogen (secondary N) is 2. The molecule has 1 aromatic heterocycles. The lowest BCUT2D eigenvalue weighted by Gasteiger charge is -2.47. The minimum absolute atomic E-state index is 0.0312. The lowest BCUT2D eigenvalue weighted by Crippen LogP contribution is -2.69. The van der Waals surface area contributed by atoms with Crippen molar-refractivity contribution in [1.29, 1.82) is 0 Å². The van der Waals surface area contributed by atoms with Crippen LogP contribution < -0.4 is 5.32 Å². The number of H-pyrrole nitrogens is 1. The minimum Gasteiger partial charge on any atom is -0.369 e. The number of aromatic nitrogens is 2. The lowest BCUT2D eigenvalue weighted by molar-refractivity contribution is -0.136. The number of carbonyl (C=O) groups excluding carboxylic acids is 2. The molecule has 0 aliphatic carbocycles. The van der Waals surface area contributed by atoms with Crippen LogP contribution >= 0.6 is 0 Å². The second kappa shape index (κ2) is 5.08. The molecule has 0 saturated carbocycles. The molecule has 2 aliphatic rings. The van der Waals surface area contributed by atoms with Crippen molar-refractivity contribution in [1.82, 2.24) is 20.4 Å². The average Bonchev–Trinajstić information content (AvgIpc) is 2.79. The summed E-state index contributed by atoms with van der Waals surface area (Å²) in [6.07, 6.45) is 0.661. The summed E-state index contributed by atoms with van der Waals surface area (Å²) in [5, 5.41) is 10.1. The van der Waals surface area contributed by atoms with Gasteiger partial charge in [0.2, 0.25) is 5.91 Å². The predicted molar refractivity (Wildman–Crippen MR) is 79.4 cm³/mol. The van der Waals surface area contributed by atoms with Gasteiger partial charge in [0.25, 0.3) is 5.91 Å². The van der Waals surface area contributed by atoms with Crippen LogP contribution in [0.25, 0.3) is 0 Å². The maximum atomic E-state index is 12.5. The molecule has 1 aromatic rings. The molecule has 1 saturated heterocycles. The van der Waals surface area contributed by atoms with Crippen molar-refractivity contribution in [2.45, 2.75) is 51.9 Å². The van der Waals surface area contributed by atoms with Crippen LogP contribution in [0.15, 0.2) is 0 Å². The van der Waals surface area contributed by atoms with Gasteiger partial charge in [0.1, 0.15) is 0 Å². The number of amides is 2. The zero-order chi connectivity index (χ0) is 16.1. The van der Waals surface area contributed by atoms with Gasteiger partial charge < -0.3 is 15.0 Å². The van der Waals surface area contributed by atoms with Gasteiger partial charge in [0.15, 0.2) is 5.69 Å². The number of nitrogens with zero attached hydrogens (tertiary/aromatic N) is 2. The molecule has 3 rings (SSSR count). The fraction of sp³-hybridized carbons (Fsp3) is 0.667. The van der Waals surface area contributed by atoms with Crippen molar-refractivity contribution < 1.29 is 14.3 Å². The smallest absolute Gasteiger partial charge is 0.272 e. The van der Waals surface area contributed by atoms with Crippen LogP contribution in [0.3, 0.4) is 0 Å². The van der Waals surface area contributed by atoms with E-state index in [0.717, 1.165) is 11.3 Å². The molecule has 2 N–H and O–H groups in total. The monoisotopic (exact) mass is 306 g/mol. The van der Waals surface area contributed by atoms with Gasteiger partial charge in [0, 0.05) is 32.0 Å². The van der Waals surface area contributed by atoms with Gasteiger partial charge in [-0.25, -0.2) is 0 Å². The Hall–Kier alpha value is -1.89. The van der Waals surface area contributed by atoms with E-state index >= 15 is 0 Å². The molecule has 120 valence electrons. The highest BCUT2D eigenvalue weighted by molar-refractivity contribution is 5.95. The molecule has 0 spiro atoms. The zero-order valence-electron chi connectivity index (χ0n) is 13.4. The fourth-order valence-corrected chi connectivity index (χ4v) is 3.29. The van der Waals surface area contributed by atoms with Crippen molar-refractivity contribution >= 4 is 11.8 Å². The number of rotatable bonds is 2. The number of hydrogen-bond donors (Lipinski definition) is 2. The van der Waals surface area contributed by atoms with E-state index in [1.54, 1.807) is 4.90 Å². The van der Waals surface area contributed by atoms with Crippen LogP contribution in [0.1, 0.15) is 55.5 Å². The minimum atomic E-state index is -0.378. The van der Waals surface area contributed by atoms with E-state index in [-0.39, 0.29) is 29.6 Å². The summed E-state index contributed by atoms with van der Waals surface area (Å²) >= 11 is 0. The van der Waals surface area contributed by atoms with Crippen molar-refractivity contribution in [2.75, 3.05) is 13.1 Å². The summed E-state index contributed by atoms with van der Waals surface area (Å²) in [5.41, 5.74) is 1.89. The SMILES string of the molecule is CC(=O)N1CC(C)(NC(=O)c2n[nH]c3c2C[C@@H](C)O[C@H]3C)C1. The Morgan fingerprint density at radius 2 is 2.09 bits per heavy atom. The molecule has 0 unspecified atom stereocenters. The first kappa shape index (κ1) is 15.0. The molecule has 3 heterocycles. The van der Waals surface area contributed by atoms with Gasteiger partial charge in [0.05, 0.1) is 23.4 Å². The molecule has 2 atom stereocenters. The van der Waals surface area contributed by atoms with Crippen molar-refractivity contribution in [3.05, 3.63) is 17.0 Å². The summed E-state index contributed by atoms with van der Waals surface area (Å²) in [6.45, 7) is 8.50. The first-order chi connectivity index (χ1) is 10.3. The topological polar surface area (TPSA) is 87.3 Å². The number of hydrogen-bond acceptors (Lipinski definition) is 4. The number of aromatic amines is 1. The van der Waals surface area contributed by atoms with Crippen LogP contribution in [0.2, 0.25) is 0 Å². The van der Waals surface area contributed by atoms with E-state index in [2.05, 4.69) is 15.5 Å². The van der Waals surface area contributed by atoms with Gasteiger partial charge in [-0.1, -0.05) is 0 Å². The number of likely N-dealkylation sites (tertiary alicyclic amines) is 1. The van der Waals surface area contributed by atoms with E-state index in [1.165, 1.54) is 6.92 Å². The molecule has 0 bridgehead atoms. The van der Waals surface area contributed by atoms with Crippen molar-refractivity contribution in [3.8, 4) is 0 Å². The van der Waals surface area contributed by atoms with E-state index in [4.69, 9.17) is 4.74 Å². The van der Waals surface area contributed by atoms with Gasteiger partial charge >= 0.3 is 0 Å². The van der Waals surface area contributed by atoms with E-state index in [9.17, 15) is 9.59 Å². The Labute approximate surface area is 129 Å². The molecule has 2 aliphatic heterocycles. The third-order valence-electron chi connectivity index (χ3n) is 4.39. The normalized spacial score (nSPS) is 26.1. The first-order valence-corrected chi connectivity index (χ1v) is 7.60. The second-order valence-corrected chi connectivity index (χ2v) is 6.65. The summed E-state index contributed by atoms with van der Waals surface area (Å²) < 4.78 is 5.73. The number of fused-ring (bicyclic) bond motifs is 1. The van der Waals surface area contributed by atoms with E-state index in [1.807, 2.05) is 20.8 Å². The van der Waals surface area contributed by atoms with Crippen LogP contribution in [0.4, 0.5) is 0 Å². The van der Waals surface area contributed by atoms with Crippen LogP contribution in [0, 0.1) is 0 Å². The number of carbonyl (C=O) groups is 2. The van der Waals surface area contributed by atoms with Gasteiger partial charge in [-0.3, -0.25) is 14.7 Å². The molecule has 22 heavy (non-hydrogen) atoms. The lowest BCUT2D eigenvalue weighted by atomic mass is 9.91. The highest BCUT2D eigenvalue weighted by Gasteiger charge is 2.42. The molecule has 0 aromatic carbocycles. The highest BCUT2D eigenvalue weighted by Crippen LogP contribution is 2.30. The quantitative estimate of drug-likeness (QED) is 0.845. The van der Waals surface area contributed by atoms with Crippen molar-refractivity contribution in [3.63, 3.8) is 0 Å². The van der Waals surface area contributed by atoms with Crippen LogP contribution in [-0.4, -0.2) is 51.6 Å². The third-order valence-corrected chi connectivity index (χ3v) is 4.39. The Bertz CT molecular complexity index is 618. The third kappa shape index (κ3) is 2.49. The largest absolute Gasteiger partial charge is 0.369 e. The summed E-state index contributed by atoms with van der Waals surface area (Å²) in [6, 6.07) is 0. The average molecular weight is 306 g/mol. The standard InChI is InChI=1S/C15H22N4O3/c1-8-5-11-12(9(2)22-8)17-18-13(11)14(21)16-15(4)6-19(7-15)10(3)20/h8-9H,5-7H2,1-4H3,(H,16,21)(H,17,18)/t8-,9+/m1/s1. The van der Waals surface area contributed by atoms with Gasteiger partial charge in [-0.15, -0.1) is 0 Å². The Balaban J connectivity index is 1.73. The highest BCUT2D eigenvalue weighted by atomic mass is 16.5. The van der Waals surface area contributed by atoms with Crippen LogP contribution in [-0.2, 0) is 16.0 Å². The Kier molecular flexibility index (Phi) is 3.47. The van der Waals surface area contributed by atoms with Crippen molar-refractivity contribution in [2.24, 2.45) is 0 Å². The Morgan fingerprint density at radius 1 is 1.41 bits per heavy atom. The molecule has 2 amide bonds. The molecular formula is C15H22N4O3. The second-order valence-electron chi connectivity index (χ2n) is 6.65. The fourth-order valence-electron chi connectivity index (χ4n) is 3.29. The molecule has 1 fully saturated rings. The summed E-state index contributed by atoms with van der Waals surface area (Å²) in [4.78, 5) is 25.5. The first-order valence-electron chi connectivity index (χ1n) is 7.60. The molecular weight excluding hydrogens is 284 g/mol. The van der Waals surface area contributed by atoms with E-state index < -0.39 is 0 Å². The maximum Gasteiger partial charge on any atom is 0.272 e. The summed E-state index contributed by atoms with van der Waals surface area (Å²) in [7, 11) is 0. The van der Waals surface area contributed by atoms with Crippen LogP contribution in [0.5, 0.6) is 0 Å². The zero-order valence-corrected chi connectivity index (χ0v) is 13.4. The molecule has 7 nitrogen and oxygen atoms in total. The predicted octanol–water partition coefficient (Wildman–Crippen LogP) is 0.782. The van der Waals surface area contributed by atoms with Gasteiger partial charge in [-0.05, 0) is 20.8 Å². The van der Waals surface area contributed by atoms with E-state index in [0.29, 0.717) is 25.2 Å². The maximum absolute atomic E-state index is 12.5.